The van der Waals surface area contributed by atoms with Gasteiger partial charge in [0.05, 0.1) is 23.4 Å². The molecule has 0 saturated carbocycles. The molecule has 0 amide bonds. The van der Waals surface area contributed by atoms with Crippen LogP contribution in [0.25, 0.3) is 0 Å². The fourth-order valence-corrected chi connectivity index (χ4v) is 2.11. The summed E-state index contributed by atoms with van der Waals surface area (Å²) in [6.45, 7) is 3.40. The number of hydrogen-bond acceptors (Lipinski definition) is 3. The van der Waals surface area contributed by atoms with Crippen LogP contribution < -0.4 is 4.90 Å². The molecule has 0 atom stereocenters. The molecule has 0 aliphatic rings. The van der Waals surface area contributed by atoms with E-state index in [0.717, 1.165) is 18.0 Å². The smallest absolute Gasteiger partial charge is 0.337 e. The Labute approximate surface area is 116 Å². The zero-order valence-electron chi connectivity index (χ0n) is 10.5. The Bertz CT molecular complexity index is 566. The molecule has 1 aromatic carbocycles. The van der Waals surface area contributed by atoms with Gasteiger partial charge in [0, 0.05) is 12.2 Å². The summed E-state index contributed by atoms with van der Waals surface area (Å²) < 4.78 is 5.31. The Morgan fingerprint density at radius 1 is 1.42 bits per heavy atom. The maximum Gasteiger partial charge on any atom is 0.337 e. The number of carboxylic acid groups (broad SMARTS) is 1. The molecule has 0 aliphatic heterocycles. The summed E-state index contributed by atoms with van der Waals surface area (Å²) in [6, 6.07) is 8.67. The normalized spacial score (nSPS) is 10.4. The van der Waals surface area contributed by atoms with E-state index in [1.54, 1.807) is 18.4 Å². The summed E-state index contributed by atoms with van der Waals surface area (Å²) in [7, 11) is 0. The third kappa shape index (κ3) is 3.09. The van der Waals surface area contributed by atoms with Crippen LogP contribution in [-0.2, 0) is 6.54 Å². The van der Waals surface area contributed by atoms with Crippen molar-refractivity contribution in [2.75, 3.05) is 11.4 Å². The molecule has 2 aromatic rings. The van der Waals surface area contributed by atoms with Gasteiger partial charge in [0.25, 0.3) is 0 Å². The highest BCUT2D eigenvalue weighted by Crippen LogP contribution is 2.25. The highest BCUT2D eigenvalue weighted by Gasteiger charge is 2.12. The fraction of sp³-hybridized carbons (Fsp3) is 0.214. The molecule has 0 bridgehead atoms. The first-order valence-electron chi connectivity index (χ1n) is 5.92. The lowest BCUT2D eigenvalue weighted by Crippen LogP contribution is -2.21. The Hall–Kier alpha value is -1.94. The number of rotatable bonds is 5. The molecule has 0 aliphatic carbocycles. The Kier molecular flexibility index (Phi) is 4.12. The molecule has 1 N–H and O–H groups in total. The third-order valence-corrected chi connectivity index (χ3v) is 3.17. The minimum Gasteiger partial charge on any atom is -0.478 e. The van der Waals surface area contributed by atoms with Crippen LogP contribution in [0.3, 0.4) is 0 Å². The number of nitrogens with zero attached hydrogens (tertiary/aromatic N) is 1. The van der Waals surface area contributed by atoms with Gasteiger partial charge in [-0.3, -0.25) is 0 Å². The standard InChI is InChI=1S/C14H14ClNO3/c1-2-16(9-11-4-3-7-19-11)10-5-6-12(14(17)18)13(15)8-10/h3-8H,2,9H2,1H3,(H,17,18). The van der Waals surface area contributed by atoms with Crippen LogP contribution in [0.15, 0.2) is 41.0 Å². The number of anilines is 1. The monoisotopic (exact) mass is 279 g/mol. The van der Waals surface area contributed by atoms with E-state index < -0.39 is 5.97 Å². The molecule has 0 radical (unpaired) electrons. The van der Waals surface area contributed by atoms with Gasteiger partial charge in [0.15, 0.2) is 0 Å². The first-order valence-corrected chi connectivity index (χ1v) is 6.29. The number of carbonyl (C=O) groups is 1. The molecule has 0 saturated heterocycles. The number of carboxylic acids is 1. The van der Waals surface area contributed by atoms with Crippen LogP contribution in [0.5, 0.6) is 0 Å². The largest absolute Gasteiger partial charge is 0.478 e. The van der Waals surface area contributed by atoms with Crippen molar-refractivity contribution in [2.45, 2.75) is 13.5 Å². The summed E-state index contributed by atoms with van der Waals surface area (Å²) in [5, 5.41) is 9.19. The number of aromatic carboxylic acids is 1. The van der Waals surface area contributed by atoms with Crippen molar-refractivity contribution in [1.82, 2.24) is 0 Å². The van der Waals surface area contributed by atoms with Gasteiger partial charge in [0.1, 0.15) is 5.76 Å². The van der Waals surface area contributed by atoms with Crippen molar-refractivity contribution in [1.29, 1.82) is 0 Å². The number of halogens is 1. The summed E-state index contributed by atoms with van der Waals surface area (Å²) in [4.78, 5) is 13.0. The average molecular weight is 280 g/mol. The van der Waals surface area contributed by atoms with Crippen molar-refractivity contribution in [3.63, 3.8) is 0 Å². The van der Waals surface area contributed by atoms with Gasteiger partial charge >= 0.3 is 5.97 Å². The van der Waals surface area contributed by atoms with Gasteiger partial charge in [-0.2, -0.15) is 0 Å². The topological polar surface area (TPSA) is 53.7 Å². The highest BCUT2D eigenvalue weighted by atomic mass is 35.5. The molecule has 5 heteroatoms. The van der Waals surface area contributed by atoms with Crippen LogP contribution in [-0.4, -0.2) is 17.6 Å². The Balaban J connectivity index is 2.23. The molecule has 0 unspecified atom stereocenters. The molecule has 19 heavy (non-hydrogen) atoms. The van der Waals surface area contributed by atoms with Crippen LogP contribution >= 0.6 is 11.6 Å². The highest BCUT2D eigenvalue weighted by molar-refractivity contribution is 6.33. The molecule has 2 rings (SSSR count). The predicted molar refractivity (Wildman–Crippen MR) is 73.8 cm³/mol. The zero-order valence-corrected chi connectivity index (χ0v) is 11.2. The molecular formula is C14H14ClNO3. The van der Waals surface area contributed by atoms with Crippen molar-refractivity contribution >= 4 is 23.3 Å². The van der Waals surface area contributed by atoms with Crippen LogP contribution in [0.1, 0.15) is 23.0 Å². The van der Waals surface area contributed by atoms with E-state index >= 15 is 0 Å². The van der Waals surface area contributed by atoms with Gasteiger partial charge in [-0.25, -0.2) is 4.79 Å². The SMILES string of the molecule is CCN(Cc1ccco1)c1ccc(C(=O)O)c(Cl)c1. The Morgan fingerprint density at radius 2 is 2.21 bits per heavy atom. The first-order chi connectivity index (χ1) is 9.11. The van der Waals surface area contributed by atoms with Crippen molar-refractivity contribution in [3.05, 3.63) is 52.9 Å². The predicted octanol–water partition coefficient (Wildman–Crippen LogP) is 3.66. The third-order valence-electron chi connectivity index (χ3n) is 2.86. The van der Waals surface area contributed by atoms with Gasteiger partial charge in [0.2, 0.25) is 0 Å². The minimum atomic E-state index is -1.02. The fourth-order valence-electron chi connectivity index (χ4n) is 1.85. The lowest BCUT2D eigenvalue weighted by atomic mass is 10.2. The summed E-state index contributed by atoms with van der Waals surface area (Å²) in [5.41, 5.74) is 0.980. The summed E-state index contributed by atoms with van der Waals surface area (Å²) >= 11 is 5.98. The summed E-state index contributed by atoms with van der Waals surface area (Å²) in [5.74, 6) is -0.175. The molecule has 0 fully saturated rings. The molecule has 0 spiro atoms. The lowest BCUT2D eigenvalue weighted by Gasteiger charge is -2.22. The average Bonchev–Trinajstić information content (AvgIpc) is 2.88. The molecule has 1 aromatic heterocycles. The van der Waals surface area contributed by atoms with E-state index in [9.17, 15) is 4.79 Å². The van der Waals surface area contributed by atoms with Crippen molar-refractivity contribution in [2.24, 2.45) is 0 Å². The van der Waals surface area contributed by atoms with E-state index in [2.05, 4.69) is 4.90 Å². The van der Waals surface area contributed by atoms with Gasteiger partial charge in [-0.1, -0.05) is 11.6 Å². The Morgan fingerprint density at radius 3 is 2.74 bits per heavy atom. The molecule has 100 valence electrons. The first kappa shape index (κ1) is 13.5. The van der Waals surface area contributed by atoms with Gasteiger partial charge < -0.3 is 14.4 Å². The van der Waals surface area contributed by atoms with E-state index in [1.165, 1.54) is 6.07 Å². The van der Waals surface area contributed by atoms with Gasteiger partial charge in [-0.05, 0) is 37.3 Å². The quantitative estimate of drug-likeness (QED) is 0.907. The minimum absolute atomic E-state index is 0.111. The summed E-state index contributed by atoms with van der Waals surface area (Å²) in [6.07, 6.45) is 1.63. The molecular weight excluding hydrogens is 266 g/mol. The maximum absolute atomic E-state index is 10.9. The van der Waals surface area contributed by atoms with Crippen LogP contribution in [0.2, 0.25) is 5.02 Å². The van der Waals surface area contributed by atoms with Crippen LogP contribution in [0, 0.1) is 0 Å². The maximum atomic E-state index is 10.9. The number of furan rings is 1. The van der Waals surface area contributed by atoms with E-state index in [0.29, 0.717) is 6.54 Å². The van der Waals surface area contributed by atoms with Crippen molar-refractivity contribution < 1.29 is 14.3 Å². The molecule has 4 nitrogen and oxygen atoms in total. The van der Waals surface area contributed by atoms with Gasteiger partial charge in [-0.15, -0.1) is 0 Å². The second-order valence-electron chi connectivity index (χ2n) is 4.06. The molecule has 1 heterocycles. The second-order valence-corrected chi connectivity index (χ2v) is 4.47. The number of hydrogen-bond donors (Lipinski definition) is 1. The van der Waals surface area contributed by atoms with Crippen molar-refractivity contribution in [3.8, 4) is 0 Å². The lowest BCUT2D eigenvalue weighted by molar-refractivity contribution is 0.0697. The van der Waals surface area contributed by atoms with Crippen LogP contribution in [0.4, 0.5) is 5.69 Å². The number of benzene rings is 1. The van der Waals surface area contributed by atoms with E-state index in [4.69, 9.17) is 21.1 Å². The second kappa shape index (κ2) is 5.80. The zero-order chi connectivity index (χ0) is 13.8. The van der Waals surface area contributed by atoms with E-state index in [1.807, 2.05) is 19.1 Å². The van der Waals surface area contributed by atoms with E-state index in [-0.39, 0.29) is 10.6 Å².